The molecule has 2 heterocycles. The molecular weight excluding hydrogens is 314 g/mol. The molecule has 1 aromatic heterocycles. The van der Waals surface area contributed by atoms with Gasteiger partial charge < -0.3 is 20.3 Å². The van der Waals surface area contributed by atoms with Crippen molar-refractivity contribution in [3.05, 3.63) is 21.9 Å². The maximum absolute atomic E-state index is 12.8. The van der Waals surface area contributed by atoms with Gasteiger partial charge in [-0.15, -0.1) is 11.3 Å². The van der Waals surface area contributed by atoms with Crippen LogP contribution in [0.4, 0.5) is 4.79 Å². The van der Waals surface area contributed by atoms with Crippen LogP contribution in [0.2, 0.25) is 0 Å². The summed E-state index contributed by atoms with van der Waals surface area (Å²) in [5.41, 5.74) is 0. The Labute approximate surface area is 141 Å². The highest BCUT2D eigenvalue weighted by Gasteiger charge is 2.29. The van der Waals surface area contributed by atoms with Crippen LogP contribution in [0.5, 0.6) is 0 Å². The van der Waals surface area contributed by atoms with Crippen LogP contribution in [0, 0.1) is 5.92 Å². The normalized spacial score (nSPS) is 18.1. The summed E-state index contributed by atoms with van der Waals surface area (Å²) in [4.78, 5) is 27.9. The van der Waals surface area contributed by atoms with E-state index >= 15 is 0 Å². The largest absolute Gasteiger partial charge is 0.377 e. The maximum Gasteiger partial charge on any atom is 0.314 e. The van der Waals surface area contributed by atoms with Crippen LogP contribution in [-0.4, -0.2) is 56.2 Å². The standard InChI is InChI=1S/C16H25N3O3S/c1-11(2)8-13-4-5-14(23-13)15(20)19-6-7-22-10-12(19)9-18-16(21)17-3/h4-5,11-12H,6-10H2,1-3H3,(H2,17,18,21)/t12-/m0/s1. The number of urea groups is 1. The first-order valence-electron chi connectivity index (χ1n) is 7.94. The third-order valence-electron chi connectivity index (χ3n) is 3.70. The predicted molar refractivity (Wildman–Crippen MR) is 91.0 cm³/mol. The Morgan fingerprint density at radius 2 is 2.22 bits per heavy atom. The quantitative estimate of drug-likeness (QED) is 0.858. The number of carbonyl (C=O) groups is 2. The van der Waals surface area contributed by atoms with Gasteiger partial charge in [0.2, 0.25) is 0 Å². The molecule has 0 spiro atoms. The third kappa shape index (κ3) is 4.94. The SMILES string of the molecule is CNC(=O)NC[C@H]1COCCN1C(=O)c1ccc(CC(C)C)s1. The lowest BCUT2D eigenvalue weighted by atomic mass is 10.1. The Bertz CT molecular complexity index is 544. The van der Waals surface area contributed by atoms with Crippen LogP contribution in [0.25, 0.3) is 0 Å². The monoisotopic (exact) mass is 339 g/mol. The van der Waals surface area contributed by atoms with Crippen LogP contribution in [-0.2, 0) is 11.2 Å². The van der Waals surface area contributed by atoms with E-state index in [1.807, 2.05) is 17.0 Å². The molecule has 0 aliphatic carbocycles. The summed E-state index contributed by atoms with van der Waals surface area (Å²) in [7, 11) is 1.57. The van der Waals surface area contributed by atoms with Gasteiger partial charge >= 0.3 is 6.03 Å². The Morgan fingerprint density at radius 1 is 1.43 bits per heavy atom. The zero-order chi connectivity index (χ0) is 16.8. The lowest BCUT2D eigenvalue weighted by Crippen LogP contribution is -2.54. The van der Waals surface area contributed by atoms with Gasteiger partial charge in [0.05, 0.1) is 24.1 Å². The van der Waals surface area contributed by atoms with Crippen molar-refractivity contribution in [2.45, 2.75) is 26.3 Å². The molecule has 0 saturated carbocycles. The van der Waals surface area contributed by atoms with Crippen molar-refractivity contribution in [2.24, 2.45) is 5.92 Å². The minimum atomic E-state index is -0.252. The van der Waals surface area contributed by atoms with E-state index in [0.29, 0.717) is 32.2 Å². The van der Waals surface area contributed by atoms with E-state index in [4.69, 9.17) is 4.74 Å². The maximum atomic E-state index is 12.8. The Morgan fingerprint density at radius 3 is 2.91 bits per heavy atom. The highest BCUT2D eigenvalue weighted by atomic mass is 32.1. The molecule has 7 heteroatoms. The van der Waals surface area contributed by atoms with Crippen molar-refractivity contribution in [3.8, 4) is 0 Å². The topological polar surface area (TPSA) is 70.7 Å². The fraction of sp³-hybridized carbons (Fsp3) is 0.625. The van der Waals surface area contributed by atoms with Crippen molar-refractivity contribution < 1.29 is 14.3 Å². The second-order valence-corrected chi connectivity index (χ2v) is 7.22. The molecule has 1 saturated heterocycles. The summed E-state index contributed by atoms with van der Waals surface area (Å²) in [6, 6.07) is 3.56. The average Bonchev–Trinajstić information content (AvgIpc) is 2.99. The van der Waals surface area contributed by atoms with Crippen molar-refractivity contribution in [3.63, 3.8) is 0 Å². The molecule has 0 aromatic carbocycles. The molecule has 1 atom stereocenters. The van der Waals surface area contributed by atoms with Crippen LogP contribution in [0.1, 0.15) is 28.4 Å². The number of nitrogens with zero attached hydrogens (tertiary/aromatic N) is 1. The van der Waals surface area contributed by atoms with Crippen molar-refractivity contribution in [1.29, 1.82) is 0 Å². The molecule has 128 valence electrons. The van der Waals surface area contributed by atoms with Crippen LogP contribution < -0.4 is 10.6 Å². The number of hydrogen-bond donors (Lipinski definition) is 2. The number of morpholine rings is 1. The van der Waals surface area contributed by atoms with Crippen molar-refractivity contribution >= 4 is 23.3 Å². The molecule has 1 aliphatic heterocycles. The molecule has 0 unspecified atom stereocenters. The molecule has 2 N–H and O–H groups in total. The highest BCUT2D eigenvalue weighted by Crippen LogP contribution is 2.22. The fourth-order valence-electron chi connectivity index (χ4n) is 2.54. The Balaban J connectivity index is 2.02. The van der Waals surface area contributed by atoms with Crippen molar-refractivity contribution in [1.82, 2.24) is 15.5 Å². The van der Waals surface area contributed by atoms with Crippen LogP contribution >= 0.6 is 11.3 Å². The van der Waals surface area contributed by atoms with Gasteiger partial charge in [0.15, 0.2) is 0 Å². The number of thiophene rings is 1. The Hall–Kier alpha value is -1.60. The molecule has 1 aromatic rings. The van der Waals surface area contributed by atoms with E-state index in [9.17, 15) is 9.59 Å². The van der Waals surface area contributed by atoms with Gasteiger partial charge in [-0.25, -0.2) is 4.79 Å². The van der Waals surface area contributed by atoms with E-state index in [1.54, 1.807) is 18.4 Å². The lowest BCUT2D eigenvalue weighted by molar-refractivity contribution is -0.000494. The van der Waals surface area contributed by atoms with Gasteiger partial charge in [-0.2, -0.15) is 0 Å². The molecule has 2 rings (SSSR count). The van der Waals surface area contributed by atoms with Gasteiger partial charge in [0.1, 0.15) is 0 Å². The van der Waals surface area contributed by atoms with E-state index in [0.717, 1.165) is 11.3 Å². The molecular formula is C16H25N3O3S. The summed E-state index contributed by atoms with van der Waals surface area (Å²) < 4.78 is 5.46. The van der Waals surface area contributed by atoms with Gasteiger partial charge in [-0.1, -0.05) is 13.8 Å². The second-order valence-electron chi connectivity index (χ2n) is 6.05. The Kier molecular flexibility index (Phi) is 6.41. The van der Waals surface area contributed by atoms with Gasteiger partial charge in [-0.05, 0) is 24.5 Å². The number of rotatable bonds is 5. The molecule has 3 amide bonds. The predicted octanol–water partition coefficient (Wildman–Crippen LogP) is 1.72. The smallest absolute Gasteiger partial charge is 0.314 e. The lowest BCUT2D eigenvalue weighted by Gasteiger charge is -2.35. The van der Waals surface area contributed by atoms with Gasteiger partial charge in [0, 0.05) is 25.0 Å². The van der Waals surface area contributed by atoms with E-state index < -0.39 is 0 Å². The molecule has 0 radical (unpaired) electrons. The molecule has 0 bridgehead atoms. The molecule has 1 aliphatic rings. The zero-order valence-corrected chi connectivity index (χ0v) is 14.7. The number of ether oxygens (including phenoxy) is 1. The summed E-state index contributed by atoms with van der Waals surface area (Å²) in [5, 5.41) is 5.26. The summed E-state index contributed by atoms with van der Waals surface area (Å²) in [6.07, 6.45) is 0.989. The fourth-order valence-corrected chi connectivity index (χ4v) is 3.71. The summed E-state index contributed by atoms with van der Waals surface area (Å²) in [6.45, 7) is 6.26. The van der Waals surface area contributed by atoms with Crippen LogP contribution in [0.15, 0.2) is 12.1 Å². The molecule has 23 heavy (non-hydrogen) atoms. The zero-order valence-electron chi connectivity index (χ0n) is 13.9. The minimum absolute atomic E-state index is 0.0250. The first kappa shape index (κ1) is 17.7. The number of amides is 3. The van der Waals surface area contributed by atoms with E-state index in [-0.39, 0.29) is 18.0 Å². The van der Waals surface area contributed by atoms with E-state index in [1.165, 1.54) is 4.88 Å². The highest BCUT2D eigenvalue weighted by molar-refractivity contribution is 7.14. The molecule has 1 fully saturated rings. The van der Waals surface area contributed by atoms with Crippen molar-refractivity contribution in [2.75, 3.05) is 33.4 Å². The number of carbonyl (C=O) groups excluding carboxylic acids is 2. The number of hydrogen-bond acceptors (Lipinski definition) is 4. The van der Waals surface area contributed by atoms with Gasteiger partial charge in [0.25, 0.3) is 5.91 Å². The third-order valence-corrected chi connectivity index (χ3v) is 4.79. The van der Waals surface area contributed by atoms with Gasteiger partial charge in [-0.3, -0.25) is 4.79 Å². The number of nitrogens with one attached hydrogen (secondary N) is 2. The second kappa shape index (κ2) is 8.31. The first-order chi connectivity index (χ1) is 11.0. The van der Waals surface area contributed by atoms with Crippen LogP contribution in [0.3, 0.4) is 0 Å². The molecule has 6 nitrogen and oxygen atoms in total. The van der Waals surface area contributed by atoms with E-state index in [2.05, 4.69) is 24.5 Å². The average molecular weight is 339 g/mol. The minimum Gasteiger partial charge on any atom is -0.377 e. The first-order valence-corrected chi connectivity index (χ1v) is 8.76. The summed E-state index contributed by atoms with van der Waals surface area (Å²) >= 11 is 1.56. The summed E-state index contributed by atoms with van der Waals surface area (Å²) in [5.74, 6) is 0.599.